The van der Waals surface area contributed by atoms with Gasteiger partial charge in [-0.2, -0.15) is 0 Å². The summed E-state index contributed by atoms with van der Waals surface area (Å²) in [5, 5.41) is 9.75. The predicted molar refractivity (Wildman–Crippen MR) is 58.2 cm³/mol. The quantitative estimate of drug-likeness (QED) is 0.744. The molecule has 2 fully saturated rings. The number of rotatable bonds is 4. The molecule has 2 rings (SSSR count). The monoisotopic (exact) mass is 197 g/mol. The number of piperidine rings is 1. The minimum absolute atomic E-state index is 0.0304. The van der Waals surface area contributed by atoms with Gasteiger partial charge in [0.2, 0.25) is 0 Å². The zero-order valence-corrected chi connectivity index (χ0v) is 9.28. The summed E-state index contributed by atoms with van der Waals surface area (Å²) in [4.78, 5) is 2.55. The van der Waals surface area contributed by atoms with Gasteiger partial charge in [-0.25, -0.2) is 0 Å². The molecule has 2 heteroatoms. The van der Waals surface area contributed by atoms with Gasteiger partial charge in [-0.15, -0.1) is 0 Å². The van der Waals surface area contributed by atoms with Crippen molar-refractivity contribution >= 4 is 0 Å². The lowest BCUT2D eigenvalue weighted by molar-refractivity contribution is 0.0244. The summed E-state index contributed by atoms with van der Waals surface area (Å²) in [6, 6.07) is 0. The van der Waals surface area contributed by atoms with Crippen molar-refractivity contribution in [2.45, 2.75) is 45.1 Å². The van der Waals surface area contributed by atoms with Crippen LogP contribution in [0, 0.1) is 11.8 Å². The summed E-state index contributed by atoms with van der Waals surface area (Å²) in [5.41, 5.74) is 0. The van der Waals surface area contributed by atoms with Crippen LogP contribution in [-0.4, -0.2) is 35.7 Å². The van der Waals surface area contributed by atoms with Crippen molar-refractivity contribution in [3.63, 3.8) is 0 Å². The molecule has 2 unspecified atom stereocenters. The summed E-state index contributed by atoms with van der Waals surface area (Å²) in [6.07, 6.45) is 6.41. The van der Waals surface area contributed by atoms with E-state index in [4.69, 9.17) is 0 Å². The number of likely N-dealkylation sites (tertiary alicyclic amines) is 1. The van der Waals surface area contributed by atoms with Gasteiger partial charge < -0.3 is 10.0 Å². The van der Waals surface area contributed by atoms with Crippen molar-refractivity contribution in [1.82, 2.24) is 4.90 Å². The summed E-state index contributed by atoms with van der Waals surface area (Å²) in [6.45, 7) is 5.71. The van der Waals surface area contributed by atoms with Crippen LogP contribution in [0.5, 0.6) is 0 Å². The topological polar surface area (TPSA) is 23.5 Å². The maximum absolute atomic E-state index is 9.75. The molecule has 14 heavy (non-hydrogen) atoms. The van der Waals surface area contributed by atoms with Crippen molar-refractivity contribution in [1.29, 1.82) is 0 Å². The highest BCUT2D eigenvalue weighted by Crippen LogP contribution is 2.33. The zero-order valence-electron chi connectivity index (χ0n) is 9.28. The standard InChI is InChI=1S/C12H23NO/c1-2-11-9-13(8-6-12(11)14)7-5-10-3-4-10/h10-12,14H,2-9H2,1H3. The molecule has 0 aromatic carbocycles. The molecule has 1 saturated heterocycles. The number of hydrogen-bond donors (Lipinski definition) is 1. The van der Waals surface area contributed by atoms with Crippen molar-refractivity contribution < 1.29 is 5.11 Å². The summed E-state index contributed by atoms with van der Waals surface area (Å²) in [7, 11) is 0. The lowest BCUT2D eigenvalue weighted by Gasteiger charge is -2.35. The fourth-order valence-electron chi connectivity index (χ4n) is 2.47. The highest BCUT2D eigenvalue weighted by molar-refractivity contribution is 4.81. The van der Waals surface area contributed by atoms with Crippen LogP contribution < -0.4 is 0 Å². The molecule has 0 aromatic rings. The van der Waals surface area contributed by atoms with Crippen LogP contribution in [0.25, 0.3) is 0 Å². The normalized spacial score (nSPS) is 34.7. The Morgan fingerprint density at radius 3 is 2.71 bits per heavy atom. The van der Waals surface area contributed by atoms with Gasteiger partial charge in [0, 0.05) is 13.1 Å². The first-order valence-corrected chi connectivity index (χ1v) is 6.20. The second-order valence-electron chi connectivity index (χ2n) is 5.06. The summed E-state index contributed by atoms with van der Waals surface area (Å²) < 4.78 is 0. The van der Waals surface area contributed by atoms with E-state index in [1.54, 1.807) is 0 Å². The Labute approximate surface area is 87.3 Å². The second kappa shape index (κ2) is 4.63. The number of aliphatic hydroxyl groups excluding tert-OH is 1. The van der Waals surface area contributed by atoms with E-state index in [1.807, 2.05) is 0 Å². The first kappa shape index (κ1) is 10.4. The summed E-state index contributed by atoms with van der Waals surface area (Å²) >= 11 is 0. The fraction of sp³-hybridized carbons (Fsp3) is 1.00. The Morgan fingerprint density at radius 1 is 1.29 bits per heavy atom. The average Bonchev–Trinajstić information content (AvgIpc) is 3.00. The first-order chi connectivity index (χ1) is 6.79. The Balaban J connectivity index is 1.71. The van der Waals surface area contributed by atoms with Crippen molar-refractivity contribution in [2.75, 3.05) is 19.6 Å². The van der Waals surface area contributed by atoms with E-state index in [1.165, 1.54) is 25.8 Å². The second-order valence-corrected chi connectivity index (χ2v) is 5.06. The van der Waals surface area contributed by atoms with E-state index in [2.05, 4.69) is 11.8 Å². The van der Waals surface area contributed by atoms with E-state index in [9.17, 15) is 5.11 Å². The Hall–Kier alpha value is -0.0800. The van der Waals surface area contributed by atoms with Gasteiger partial charge in [-0.1, -0.05) is 19.8 Å². The highest BCUT2D eigenvalue weighted by atomic mass is 16.3. The van der Waals surface area contributed by atoms with Crippen molar-refractivity contribution in [3.8, 4) is 0 Å². The minimum Gasteiger partial charge on any atom is -0.393 e. The molecule has 1 saturated carbocycles. The van der Waals surface area contributed by atoms with Crippen LogP contribution in [0.4, 0.5) is 0 Å². The molecule has 0 radical (unpaired) electrons. The Bertz CT molecular complexity index is 179. The zero-order chi connectivity index (χ0) is 9.97. The first-order valence-electron chi connectivity index (χ1n) is 6.20. The SMILES string of the molecule is CCC1CN(CCC2CC2)CCC1O. The van der Waals surface area contributed by atoms with Crippen LogP contribution in [0.2, 0.25) is 0 Å². The molecule has 0 bridgehead atoms. The van der Waals surface area contributed by atoms with Gasteiger partial charge in [-0.05, 0) is 37.6 Å². The van der Waals surface area contributed by atoms with E-state index < -0.39 is 0 Å². The molecule has 0 spiro atoms. The minimum atomic E-state index is -0.0304. The molecule has 2 atom stereocenters. The predicted octanol–water partition coefficient (Wildman–Crippen LogP) is 1.88. The molecule has 0 amide bonds. The average molecular weight is 197 g/mol. The van der Waals surface area contributed by atoms with Gasteiger partial charge in [0.05, 0.1) is 6.10 Å². The molecule has 2 aliphatic rings. The smallest absolute Gasteiger partial charge is 0.0592 e. The van der Waals surface area contributed by atoms with E-state index in [-0.39, 0.29) is 6.10 Å². The molecule has 82 valence electrons. The van der Waals surface area contributed by atoms with Gasteiger partial charge in [0.25, 0.3) is 0 Å². The molecular formula is C12H23NO. The van der Waals surface area contributed by atoms with Crippen LogP contribution in [0.1, 0.15) is 39.0 Å². The Kier molecular flexibility index (Phi) is 3.45. The molecule has 2 nitrogen and oxygen atoms in total. The van der Waals surface area contributed by atoms with Crippen LogP contribution in [-0.2, 0) is 0 Å². The molecule has 1 aliphatic carbocycles. The van der Waals surface area contributed by atoms with E-state index in [0.29, 0.717) is 5.92 Å². The number of aliphatic hydroxyl groups is 1. The molecule has 0 aromatic heterocycles. The fourth-order valence-corrected chi connectivity index (χ4v) is 2.47. The van der Waals surface area contributed by atoms with Gasteiger partial charge >= 0.3 is 0 Å². The third-order valence-corrected chi connectivity index (χ3v) is 3.85. The number of nitrogens with zero attached hydrogens (tertiary/aromatic N) is 1. The van der Waals surface area contributed by atoms with Gasteiger partial charge in [0.15, 0.2) is 0 Å². The lowest BCUT2D eigenvalue weighted by atomic mass is 9.92. The largest absolute Gasteiger partial charge is 0.393 e. The molecular weight excluding hydrogens is 174 g/mol. The van der Waals surface area contributed by atoms with Crippen LogP contribution in [0.15, 0.2) is 0 Å². The van der Waals surface area contributed by atoms with E-state index >= 15 is 0 Å². The van der Waals surface area contributed by atoms with Gasteiger partial charge in [-0.3, -0.25) is 0 Å². The molecule has 1 heterocycles. The van der Waals surface area contributed by atoms with Gasteiger partial charge in [0.1, 0.15) is 0 Å². The van der Waals surface area contributed by atoms with Crippen LogP contribution >= 0.6 is 0 Å². The molecule has 1 aliphatic heterocycles. The third-order valence-electron chi connectivity index (χ3n) is 3.85. The Morgan fingerprint density at radius 2 is 2.07 bits per heavy atom. The maximum Gasteiger partial charge on any atom is 0.0592 e. The third kappa shape index (κ3) is 2.71. The number of hydrogen-bond acceptors (Lipinski definition) is 2. The van der Waals surface area contributed by atoms with Crippen molar-refractivity contribution in [3.05, 3.63) is 0 Å². The van der Waals surface area contributed by atoms with E-state index in [0.717, 1.165) is 31.8 Å². The highest BCUT2D eigenvalue weighted by Gasteiger charge is 2.28. The molecule has 1 N–H and O–H groups in total. The summed E-state index contributed by atoms with van der Waals surface area (Å²) in [5.74, 6) is 1.57. The van der Waals surface area contributed by atoms with Crippen molar-refractivity contribution in [2.24, 2.45) is 11.8 Å². The van der Waals surface area contributed by atoms with Crippen LogP contribution in [0.3, 0.4) is 0 Å². The maximum atomic E-state index is 9.75. The lowest BCUT2D eigenvalue weighted by Crippen LogP contribution is -2.43.